The number of amides is 3. The topological polar surface area (TPSA) is 84.0 Å². The van der Waals surface area contributed by atoms with Crippen molar-refractivity contribution in [2.75, 3.05) is 19.7 Å². The summed E-state index contributed by atoms with van der Waals surface area (Å²) < 4.78 is 5.05. The second-order valence-corrected chi connectivity index (χ2v) is 6.89. The van der Waals surface area contributed by atoms with Gasteiger partial charge in [0.2, 0.25) is 11.8 Å². The van der Waals surface area contributed by atoms with Crippen LogP contribution in [0.5, 0.6) is 0 Å². The third-order valence-corrected chi connectivity index (χ3v) is 5.10. The quantitative estimate of drug-likeness (QED) is 0.581. The van der Waals surface area contributed by atoms with Gasteiger partial charge < -0.3 is 9.64 Å². The van der Waals surface area contributed by atoms with Crippen molar-refractivity contribution in [3.05, 3.63) is 35.4 Å². The summed E-state index contributed by atoms with van der Waals surface area (Å²) in [5.74, 6) is -0.682. The van der Waals surface area contributed by atoms with Crippen molar-refractivity contribution in [1.82, 2.24) is 9.80 Å². The first-order chi connectivity index (χ1) is 13.0. The van der Waals surface area contributed by atoms with Crippen LogP contribution in [-0.4, -0.2) is 53.2 Å². The van der Waals surface area contributed by atoms with Gasteiger partial charge in [0.05, 0.1) is 19.1 Å². The first-order valence-corrected chi connectivity index (χ1v) is 9.37. The highest BCUT2D eigenvalue weighted by Crippen LogP contribution is 2.21. The van der Waals surface area contributed by atoms with E-state index in [0.717, 1.165) is 5.56 Å². The first-order valence-electron chi connectivity index (χ1n) is 9.37. The second kappa shape index (κ2) is 8.33. The van der Waals surface area contributed by atoms with E-state index in [4.69, 9.17) is 4.74 Å². The maximum Gasteiger partial charge on any atom is 0.309 e. The summed E-state index contributed by atoms with van der Waals surface area (Å²) >= 11 is 0. The molecule has 2 aliphatic heterocycles. The van der Waals surface area contributed by atoms with Gasteiger partial charge in [0.25, 0.3) is 5.91 Å². The fourth-order valence-corrected chi connectivity index (χ4v) is 3.50. The monoisotopic (exact) mass is 372 g/mol. The summed E-state index contributed by atoms with van der Waals surface area (Å²) in [7, 11) is 0. The third-order valence-electron chi connectivity index (χ3n) is 5.10. The number of hydrogen-bond acceptors (Lipinski definition) is 5. The number of nitrogens with zero attached hydrogens (tertiary/aromatic N) is 2. The van der Waals surface area contributed by atoms with E-state index in [2.05, 4.69) is 0 Å². The van der Waals surface area contributed by atoms with E-state index in [1.165, 1.54) is 4.90 Å². The Morgan fingerprint density at radius 2 is 1.63 bits per heavy atom. The Bertz CT molecular complexity index is 719. The third kappa shape index (κ3) is 4.35. The molecule has 0 atom stereocenters. The van der Waals surface area contributed by atoms with Crippen LogP contribution >= 0.6 is 0 Å². The molecule has 0 radical (unpaired) electrons. The smallest absolute Gasteiger partial charge is 0.309 e. The largest absolute Gasteiger partial charge is 0.466 e. The lowest BCUT2D eigenvalue weighted by molar-refractivity contribution is -0.149. The van der Waals surface area contributed by atoms with Crippen molar-refractivity contribution in [3.63, 3.8) is 0 Å². The van der Waals surface area contributed by atoms with Crippen LogP contribution in [0.15, 0.2) is 24.3 Å². The lowest BCUT2D eigenvalue weighted by Crippen LogP contribution is -2.40. The molecule has 27 heavy (non-hydrogen) atoms. The summed E-state index contributed by atoms with van der Waals surface area (Å²) in [6, 6.07) is 7.00. The Morgan fingerprint density at radius 1 is 1.04 bits per heavy atom. The van der Waals surface area contributed by atoms with E-state index < -0.39 is 0 Å². The summed E-state index contributed by atoms with van der Waals surface area (Å²) in [6.07, 6.45) is 1.78. The van der Waals surface area contributed by atoms with E-state index in [-0.39, 0.29) is 49.0 Å². The molecule has 2 aliphatic rings. The molecule has 0 unspecified atom stereocenters. The molecule has 0 N–H and O–H groups in total. The maximum absolute atomic E-state index is 12.7. The zero-order valence-corrected chi connectivity index (χ0v) is 15.5. The number of benzene rings is 1. The number of rotatable bonds is 5. The van der Waals surface area contributed by atoms with Gasteiger partial charge >= 0.3 is 5.97 Å². The number of carbonyl (C=O) groups is 4. The molecule has 2 fully saturated rings. The van der Waals surface area contributed by atoms with E-state index in [1.54, 1.807) is 36.1 Å². The second-order valence-electron chi connectivity index (χ2n) is 6.89. The lowest BCUT2D eigenvalue weighted by atomic mass is 9.96. The van der Waals surface area contributed by atoms with E-state index in [0.29, 0.717) is 38.1 Å². The minimum Gasteiger partial charge on any atom is -0.466 e. The number of hydrogen-bond donors (Lipinski definition) is 0. The van der Waals surface area contributed by atoms with Crippen molar-refractivity contribution in [1.29, 1.82) is 0 Å². The van der Waals surface area contributed by atoms with Crippen LogP contribution in [0.2, 0.25) is 0 Å². The first kappa shape index (κ1) is 19.1. The van der Waals surface area contributed by atoms with Gasteiger partial charge in [0.15, 0.2) is 0 Å². The van der Waals surface area contributed by atoms with E-state index in [1.807, 2.05) is 0 Å². The van der Waals surface area contributed by atoms with Gasteiger partial charge in [-0.25, -0.2) is 0 Å². The molecule has 1 aromatic carbocycles. The summed E-state index contributed by atoms with van der Waals surface area (Å²) in [6.45, 7) is 3.47. The van der Waals surface area contributed by atoms with E-state index >= 15 is 0 Å². The van der Waals surface area contributed by atoms with Crippen LogP contribution in [0, 0.1) is 5.92 Å². The minimum absolute atomic E-state index is 0.0721. The molecule has 144 valence electrons. The molecule has 0 aromatic heterocycles. The van der Waals surface area contributed by atoms with Gasteiger partial charge in [0.1, 0.15) is 0 Å². The van der Waals surface area contributed by atoms with E-state index in [9.17, 15) is 19.2 Å². The average molecular weight is 372 g/mol. The number of piperidine rings is 1. The Labute approximate surface area is 158 Å². The molecule has 7 heteroatoms. The van der Waals surface area contributed by atoms with Gasteiger partial charge in [-0.1, -0.05) is 12.1 Å². The van der Waals surface area contributed by atoms with Crippen LogP contribution in [0.4, 0.5) is 0 Å². The number of ether oxygens (including phenoxy) is 1. The highest BCUT2D eigenvalue weighted by atomic mass is 16.5. The zero-order valence-electron chi connectivity index (χ0n) is 15.5. The zero-order chi connectivity index (χ0) is 19.4. The number of esters is 1. The molecule has 7 nitrogen and oxygen atoms in total. The number of imide groups is 1. The predicted octanol–water partition coefficient (Wildman–Crippen LogP) is 1.75. The normalized spacial score (nSPS) is 18.1. The van der Waals surface area contributed by atoms with Gasteiger partial charge in [-0.05, 0) is 37.5 Å². The number of carbonyl (C=O) groups excluding carboxylic acids is 4. The van der Waals surface area contributed by atoms with Gasteiger partial charge in [0, 0.05) is 31.5 Å². The minimum atomic E-state index is -0.181. The Morgan fingerprint density at radius 3 is 2.19 bits per heavy atom. The highest BCUT2D eigenvalue weighted by molar-refractivity contribution is 6.01. The Kier molecular flexibility index (Phi) is 5.88. The van der Waals surface area contributed by atoms with Gasteiger partial charge in [-0.15, -0.1) is 0 Å². The van der Waals surface area contributed by atoms with Gasteiger partial charge in [-0.2, -0.15) is 0 Å². The molecular weight excluding hydrogens is 348 g/mol. The lowest BCUT2D eigenvalue weighted by Gasteiger charge is -2.31. The standard InChI is InChI=1S/C20H24N2O5/c1-2-27-20(26)16-9-11-21(12-10-16)19(25)15-5-3-14(4-6-15)13-22-17(23)7-8-18(22)24/h3-6,16H,2,7-13H2,1H3. The van der Waals surface area contributed by atoms with Crippen molar-refractivity contribution >= 4 is 23.7 Å². The maximum atomic E-state index is 12.7. The fourth-order valence-electron chi connectivity index (χ4n) is 3.50. The van der Waals surface area contributed by atoms with Crippen LogP contribution < -0.4 is 0 Å². The molecular formula is C20H24N2O5. The van der Waals surface area contributed by atoms with Crippen LogP contribution in [0.25, 0.3) is 0 Å². The molecule has 0 spiro atoms. The van der Waals surface area contributed by atoms with Crippen molar-refractivity contribution < 1.29 is 23.9 Å². The summed E-state index contributed by atoms with van der Waals surface area (Å²) in [5, 5.41) is 0. The summed E-state index contributed by atoms with van der Waals surface area (Å²) in [5.41, 5.74) is 1.38. The number of likely N-dealkylation sites (tertiary alicyclic amines) is 2. The molecule has 3 amide bonds. The Hall–Kier alpha value is -2.70. The Balaban J connectivity index is 1.56. The van der Waals surface area contributed by atoms with Crippen molar-refractivity contribution in [2.45, 2.75) is 39.2 Å². The summed E-state index contributed by atoms with van der Waals surface area (Å²) in [4.78, 5) is 50.9. The average Bonchev–Trinajstić information content (AvgIpc) is 3.00. The SMILES string of the molecule is CCOC(=O)C1CCN(C(=O)c2ccc(CN3C(=O)CCC3=O)cc2)CC1. The molecule has 2 saturated heterocycles. The van der Waals surface area contributed by atoms with Crippen LogP contribution in [0.3, 0.4) is 0 Å². The van der Waals surface area contributed by atoms with Crippen molar-refractivity contribution in [2.24, 2.45) is 5.92 Å². The fraction of sp³-hybridized carbons (Fsp3) is 0.500. The van der Waals surface area contributed by atoms with Crippen molar-refractivity contribution in [3.8, 4) is 0 Å². The van der Waals surface area contributed by atoms with Crippen LogP contribution in [0.1, 0.15) is 48.5 Å². The highest BCUT2D eigenvalue weighted by Gasteiger charge is 2.30. The molecule has 1 aromatic rings. The molecule has 0 aliphatic carbocycles. The molecule has 2 heterocycles. The molecule has 0 bridgehead atoms. The molecule has 3 rings (SSSR count). The predicted molar refractivity (Wildman–Crippen MR) is 96.5 cm³/mol. The van der Waals surface area contributed by atoms with Gasteiger partial charge in [-0.3, -0.25) is 24.1 Å². The molecule has 0 saturated carbocycles. The van der Waals surface area contributed by atoms with Crippen LogP contribution in [-0.2, 0) is 25.7 Å².